The standard InChI is InChI=1S/C8H10N2O/c11-5-7-2-1-6-3-9-4-8(6)10-7/h1-2,9,11H,3-5H2. The molecule has 0 saturated carbocycles. The molecule has 0 fully saturated rings. The second-order valence-corrected chi connectivity index (χ2v) is 2.67. The zero-order chi connectivity index (χ0) is 7.68. The molecule has 0 atom stereocenters. The van der Waals surface area contributed by atoms with Crippen LogP contribution in [-0.2, 0) is 19.7 Å². The van der Waals surface area contributed by atoms with Crippen molar-refractivity contribution in [2.45, 2.75) is 19.7 Å². The highest BCUT2D eigenvalue weighted by molar-refractivity contribution is 5.25. The van der Waals surface area contributed by atoms with Gasteiger partial charge in [0.05, 0.1) is 18.0 Å². The van der Waals surface area contributed by atoms with Gasteiger partial charge in [0.15, 0.2) is 0 Å². The Balaban J connectivity index is 2.41. The predicted molar refractivity (Wildman–Crippen MR) is 40.7 cm³/mol. The summed E-state index contributed by atoms with van der Waals surface area (Å²) in [7, 11) is 0. The third kappa shape index (κ3) is 1.13. The van der Waals surface area contributed by atoms with E-state index in [1.165, 1.54) is 5.56 Å². The molecule has 2 heterocycles. The van der Waals surface area contributed by atoms with Gasteiger partial charge in [0.1, 0.15) is 0 Å². The van der Waals surface area contributed by atoms with E-state index in [2.05, 4.69) is 10.3 Å². The van der Waals surface area contributed by atoms with E-state index in [4.69, 9.17) is 5.11 Å². The number of hydrogen-bond acceptors (Lipinski definition) is 3. The number of hydrogen-bond donors (Lipinski definition) is 2. The molecule has 3 nitrogen and oxygen atoms in total. The quantitative estimate of drug-likeness (QED) is 0.600. The van der Waals surface area contributed by atoms with Crippen molar-refractivity contribution >= 4 is 0 Å². The predicted octanol–water partition coefficient (Wildman–Crippen LogP) is 0.177. The normalized spacial score (nSPS) is 15.0. The number of nitrogens with one attached hydrogen (secondary N) is 1. The number of rotatable bonds is 1. The lowest BCUT2D eigenvalue weighted by molar-refractivity contribution is 0.276. The highest BCUT2D eigenvalue weighted by Gasteiger charge is 2.10. The zero-order valence-corrected chi connectivity index (χ0v) is 6.17. The molecular weight excluding hydrogens is 140 g/mol. The molecular formula is C8H10N2O. The molecule has 11 heavy (non-hydrogen) atoms. The molecule has 1 aromatic rings. The molecule has 0 aliphatic carbocycles. The van der Waals surface area contributed by atoms with E-state index < -0.39 is 0 Å². The van der Waals surface area contributed by atoms with E-state index in [0.717, 1.165) is 24.5 Å². The summed E-state index contributed by atoms with van der Waals surface area (Å²) in [6.07, 6.45) is 0. The molecule has 0 amide bonds. The van der Waals surface area contributed by atoms with Crippen LogP contribution in [0, 0.1) is 0 Å². The minimum absolute atomic E-state index is 0.0350. The van der Waals surface area contributed by atoms with Crippen molar-refractivity contribution in [2.24, 2.45) is 0 Å². The molecule has 0 radical (unpaired) electrons. The molecule has 0 spiro atoms. The molecule has 1 aliphatic rings. The Morgan fingerprint density at radius 1 is 1.45 bits per heavy atom. The van der Waals surface area contributed by atoms with E-state index >= 15 is 0 Å². The van der Waals surface area contributed by atoms with Gasteiger partial charge in [-0.15, -0.1) is 0 Å². The number of pyridine rings is 1. The SMILES string of the molecule is OCc1ccc2c(n1)CNC2. The number of nitrogens with zero attached hydrogens (tertiary/aromatic N) is 1. The van der Waals surface area contributed by atoms with Gasteiger partial charge < -0.3 is 10.4 Å². The summed E-state index contributed by atoms with van der Waals surface area (Å²) in [6.45, 7) is 1.78. The summed E-state index contributed by atoms with van der Waals surface area (Å²) in [5.74, 6) is 0. The van der Waals surface area contributed by atoms with Gasteiger partial charge in [-0.25, -0.2) is 0 Å². The van der Waals surface area contributed by atoms with E-state index in [1.54, 1.807) is 0 Å². The zero-order valence-electron chi connectivity index (χ0n) is 6.17. The molecule has 0 unspecified atom stereocenters. The number of aliphatic hydroxyl groups is 1. The van der Waals surface area contributed by atoms with Gasteiger partial charge in [-0.2, -0.15) is 0 Å². The fraction of sp³-hybridized carbons (Fsp3) is 0.375. The summed E-state index contributed by atoms with van der Waals surface area (Å²) < 4.78 is 0. The molecule has 2 rings (SSSR count). The molecule has 0 bridgehead atoms. The van der Waals surface area contributed by atoms with E-state index in [0.29, 0.717) is 0 Å². The maximum absolute atomic E-state index is 8.79. The minimum atomic E-state index is 0.0350. The number of aromatic nitrogens is 1. The topological polar surface area (TPSA) is 45.2 Å². The first-order valence-electron chi connectivity index (χ1n) is 3.69. The molecule has 1 aliphatic heterocycles. The minimum Gasteiger partial charge on any atom is -0.390 e. The Labute approximate surface area is 65.1 Å². The van der Waals surface area contributed by atoms with Crippen molar-refractivity contribution in [3.05, 3.63) is 29.1 Å². The Morgan fingerprint density at radius 3 is 3.18 bits per heavy atom. The lowest BCUT2D eigenvalue weighted by atomic mass is 10.2. The average Bonchev–Trinajstić information content (AvgIpc) is 2.50. The van der Waals surface area contributed by atoms with Gasteiger partial charge in [-0.05, 0) is 11.6 Å². The van der Waals surface area contributed by atoms with Crippen LogP contribution >= 0.6 is 0 Å². The Kier molecular flexibility index (Phi) is 1.60. The van der Waals surface area contributed by atoms with Crippen molar-refractivity contribution in [3.63, 3.8) is 0 Å². The summed E-state index contributed by atoms with van der Waals surface area (Å²) in [6, 6.07) is 3.89. The first kappa shape index (κ1) is 6.76. The van der Waals surface area contributed by atoms with Crippen LogP contribution in [0.3, 0.4) is 0 Å². The van der Waals surface area contributed by atoms with Crippen LogP contribution in [0.1, 0.15) is 17.0 Å². The van der Waals surface area contributed by atoms with Crippen molar-refractivity contribution in [3.8, 4) is 0 Å². The molecule has 58 valence electrons. The molecule has 2 N–H and O–H groups in total. The first-order chi connectivity index (χ1) is 5.40. The first-order valence-corrected chi connectivity index (χ1v) is 3.69. The number of fused-ring (bicyclic) bond motifs is 1. The molecule has 0 saturated heterocycles. The summed E-state index contributed by atoms with van der Waals surface area (Å²) in [4.78, 5) is 4.26. The van der Waals surface area contributed by atoms with E-state index in [9.17, 15) is 0 Å². The lowest BCUT2D eigenvalue weighted by Gasteiger charge is -1.98. The Bertz CT molecular complexity index is 273. The summed E-state index contributed by atoms with van der Waals surface area (Å²) in [5, 5.41) is 12.0. The van der Waals surface area contributed by atoms with Crippen LogP contribution in [0.25, 0.3) is 0 Å². The second-order valence-electron chi connectivity index (χ2n) is 2.67. The third-order valence-corrected chi connectivity index (χ3v) is 1.90. The Morgan fingerprint density at radius 2 is 2.36 bits per heavy atom. The van der Waals surface area contributed by atoms with Gasteiger partial charge >= 0.3 is 0 Å². The van der Waals surface area contributed by atoms with Crippen molar-refractivity contribution in [2.75, 3.05) is 0 Å². The van der Waals surface area contributed by atoms with E-state index in [1.807, 2.05) is 12.1 Å². The molecule has 0 aromatic carbocycles. The molecule has 3 heteroatoms. The average molecular weight is 150 g/mol. The Hall–Kier alpha value is -0.930. The van der Waals surface area contributed by atoms with Crippen molar-refractivity contribution < 1.29 is 5.11 Å². The van der Waals surface area contributed by atoms with Crippen molar-refractivity contribution in [1.29, 1.82) is 0 Å². The van der Waals surface area contributed by atoms with E-state index in [-0.39, 0.29) is 6.61 Å². The van der Waals surface area contributed by atoms with Crippen LogP contribution < -0.4 is 5.32 Å². The monoisotopic (exact) mass is 150 g/mol. The van der Waals surface area contributed by atoms with Gasteiger partial charge in [0.25, 0.3) is 0 Å². The van der Waals surface area contributed by atoms with Crippen LogP contribution in [0.5, 0.6) is 0 Å². The van der Waals surface area contributed by atoms with Gasteiger partial charge in [0, 0.05) is 13.1 Å². The second kappa shape index (κ2) is 2.60. The third-order valence-electron chi connectivity index (χ3n) is 1.90. The van der Waals surface area contributed by atoms with Crippen molar-refractivity contribution in [1.82, 2.24) is 10.3 Å². The largest absolute Gasteiger partial charge is 0.390 e. The smallest absolute Gasteiger partial charge is 0.0853 e. The maximum Gasteiger partial charge on any atom is 0.0853 e. The number of aliphatic hydroxyl groups excluding tert-OH is 1. The fourth-order valence-corrected chi connectivity index (χ4v) is 1.29. The van der Waals surface area contributed by atoms with Crippen LogP contribution in [-0.4, -0.2) is 10.1 Å². The van der Waals surface area contributed by atoms with Gasteiger partial charge in [-0.1, -0.05) is 6.07 Å². The highest BCUT2D eigenvalue weighted by atomic mass is 16.3. The maximum atomic E-state index is 8.79. The highest BCUT2D eigenvalue weighted by Crippen LogP contribution is 2.12. The lowest BCUT2D eigenvalue weighted by Crippen LogP contribution is -2.00. The van der Waals surface area contributed by atoms with Crippen LogP contribution in [0.4, 0.5) is 0 Å². The van der Waals surface area contributed by atoms with Gasteiger partial charge in [0.2, 0.25) is 0 Å². The van der Waals surface area contributed by atoms with Crippen LogP contribution in [0.2, 0.25) is 0 Å². The van der Waals surface area contributed by atoms with Crippen LogP contribution in [0.15, 0.2) is 12.1 Å². The van der Waals surface area contributed by atoms with Gasteiger partial charge in [-0.3, -0.25) is 4.98 Å². The fourth-order valence-electron chi connectivity index (χ4n) is 1.29. The summed E-state index contributed by atoms with van der Waals surface area (Å²) >= 11 is 0. The molecule has 1 aromatic heterocycles. The summed E-state index contributed by atoms with van der Waals surface area (Å²) in [5.41, 5.74) is 3.09.